The maximum absolute atomic E-state index is 10.5. The van der Waals surface area contributed by atoms with E-state index in [4.69, 9.17) is 11.6 Å². The van der Waals surface area contributed by atoms with Gasteiger partial charge in [-0.1, -0.05) is 51.8 Å². The third kappa shape index (κ3) is 2.50. The lowest BCUT2D eigenvalue weighted by molar-refractivity contribution is 0.157. The summed E-state index contributed by atoms with van der Waals surface area (Å²) < 4.78 is 0.913. The highest BCUT2D eigenvalue weighted by Crippen LogP contribution is 2.35. The minimum Gasteiger partial charge on any atom is -0.386 e. The van der Waals surface area contributed by atoms with Crippen LogP contribution in [-0.2, 0) is 6.42 Å². The van der Waals surface area contributed by atoms with Crippen molar-refractivity contribution < 1.29 is 5.11 Å². The van der Waals surface area contributed by atoms with Crippen LogP contribution in [0.25, 0.3) is 0 Å². The molecule has 0 spiro atoms. The summed E-state index contributed by atoms with van der Waals surface area (Å²) >= 11 is 9.57. The van der Waals surface area contributed by atoms with Crippen molar-refractivity contribution >= 4 is 33.2 Å². The molecule has 2 unspecified atom stereocenters. The monoisotopic (exact) mass is 337 g/mol. The van der Waals surface area contributed by atoms with Gasteiger partial charge in [-0.15, -0.1) is 0 Å². The Bertz CT molecular complexity index is 592. The van der Waals surface area contributed by atoms with E-state index in [-0.39, 0.29) is 6.04 Å². The van der Waals surface area contributed by atoms with Gasteiger partial charge in [0.05, 0.1) is 6.04 Å². The van der Waals surface area contributed by atoms with Crippen molar-refractivity contribution in [2.45, 2.75) is 18.6 Å². The number of hydrogen-bond acceptors (Lipinski definition) is 2. The van der Waals surface area contributed by atoms with Gasteiger partial charge in [-0.3, -0.25) is 0 Å². The van der Waals surface area contributed by atoms with Gasteiger partial charge in [0.15, 0.2) is 0 Å². The van der Waals surface area contributed by atoms with Crippen molar-refractivity contribution in [3.05, 3.63) is 63.1 Å². The van der Waals surface area contributed by atoms with Crippen LogP contribution in [0.2, 0.25) is 5.02 Å². The number of para-hydroxylation sites is 1. The standard InChI is InChI=1S/C15H13BrClNO/c16-10-5-6-11(12(17)8-10)15(19)14-7-9-3-1-2-4-13(9)18-14/h1-6,8,14-15,18-19H,7H2. The first-order chi connectivity index (χ1) is 9.15. The zero-order valence-corrected chi connectivity index (χ0v) is 12.4. The van der Waals surface area contributed by atoms with Crippen LogP contribution in [0.4, 0.5) is 5.69 Å². The predicted octanol–water partition coefficient (Wildman–Crippen LogP) is 4.17. The maximum atomic E-state index is 10.5. The van der Waals surface area contributed by atoms with Crippen LogP contribution >= 0.6 is 27.5 Å². The molecule has 2 N–H and O–H groups in total. The molecule has 4 heteroatoms. The number of rotatable bonds is 2. The summed E-state index contributed by atoms with van der Waals surface area (Å²) in [6, 6.07) is 13.7. The summed E-state index contributed by atoms with van der Waals surface area (Å²) in [5.74, 6) is 0. The Hall–Kier alpha value is -1.03. The second kappa shape index (κ2) is 5.16. The van der Waals surface area contributed by atoms with Crippen LogP contribution in [0.5, 0.6) is 0 Å². The summed E-state index contributed by atoms with van der Waals surface area (Å²) in [5, 5.41) is 14.4. The van der Waals surface area contributed by atoms with Gasteiger partial charge in [0.1, 0.15) is 6.10 Å². The van der Waals surface area contributed by atoms with Gasteiger partial charge in [0.2, 0.25) is 0 Å². The van der Waals surface area contributed by atoms with Gasteiger partial charge in [0, 0.05) is 20.7 Å². The molecule has 1 heterocycles. The molecule has 1 aliphatic rings. The van der Waals surface area contributed by atoms with E-state index in [2.05, 4.69) is 27.3 Å². The van der Waals surface area contributed by atoms with E-state index in [1.54, 1.807) is 0 Å². The van der Waals surface area contributed by atoms with Crippen molar-refractivity contribution in [3.8, 4) is 0 Å². The van der Waals surface area contributed by atoms with Gasteiger partial charge in [-0.05, 0) is 30.2 Å². The van der Waals surface area contributed by atoms with Crippen molar-refractivity contribution in [2.24, 2.45) is 0 Å². The Morgan fingerprint density at radius 3 is 2.79 bits per heavy atom. The second-order valence-corrected chi connectivity index (χ2v) is 6.05. The Kier molecular flexibility index (Phi) is 3.52. The predicted molar refractivity (Wildman–Crippen MR) is 81.7 cm³/mol. The molecule has 0 fully saturated rings. The van der Waals surface area contributed by atoms with E-state index >= 15 is 0 Å². The number of aliphatic hydroxyl groups excluding tert-OH is 1. The summed E-state index contributed by atoms with van der Waals surface area (Å²) in [6.45, 7) is 0. The number of nitrogens with one attached hydrogen (secondary N) is 1. The lowest BCUT2D eigenvalue weighted by Gasteiger charge is -2.20. The first kappa shape index (κ1) is 13.0. The summed E-state index contributed by atoms with van der Waals surface area (Å²) in [5.41, 5.74) is 3.09. The molecule has 19 heavy (non-hydrogen) atoms. The smallest absolute Gasteiger partial charge is 0.101 e. The zero-order valence-electron chi connectivity index (χ0n) is 10.1. The quantitative estimate of drug-likeness (QED) is 0.861. The highest BCUT2D eigenvalue weighted by atomic mass is 79.9. The Morgan fingerprint density at radius 2 is 2.05 bits per heavy atom. The van der Waals surface area contributed by atoms with E-state index in [9.17, 15) is 5.11 Å². The topological polar surface area (TPSA) is 32.3 Å². The molecule has 3 rings (SSSR count). The van der Waals surface area contributed by atoms with Gasteiger partial charge < -0.3 is 10.4 Å². The molecule has 0 saturated carbocycles. The third-order valence-electron chi connectivity index (χ3n) is 3.46. The fourth-order valence-electron chi connectivity index (χ4n) is 2.48. The minimum atomic E-state index is -0.618. The van der Waals surface area contributed by atoms with E-state index in [1.165, 1.54) is 5.56 Å². The minimum absolute atomic E-state index is 0.0314. The van der Waals surface area contributed by atoms with Gasteiger partial charge >= 0.3 is 0 Å². The van der Waals surface area contributed by atoms with E-state index in [1.807, 2.05) is 36.4 Å². The van der Waals surface area contributed by atoms with Crippen molar-refractivity contribution in [1.29, 1.82) is 0 Å². The molecule has 0 bridgehead atoms. The molecule has 0 saturated heterocycles. The van der Waals surface area contributed by atoms with Crippen LogP contribution in [0, 0.1) is 0 Å². The van der Waals surface area contributed by atoms with Crippen LogP contribution < -0.4 is 5.32 Å². The largest absolute Gasteiger partial charge is 0.386 e. The molecule has 2 atom stereocenters. The fraction of sp³-hybridized carbons (Fsp3) is 0.200. The molecule has 0 aromatic heterocycles. The molecule has 2 aromatic rings. The number of fused-ring (bicyclic) bond motifs is 1. The van der Waals surface area contributed by atoms with Crippen LogP contribution in [0.3, 0.4) is 0 Å². The normalized spacial score (nSPS) is 18.8. The Morgan fingerprint density at radius 1 is 1.26 bits per heavy atom. The highest BCUT2D eigenvalue weighted by Gasteiger charge is 2.28. The molecule has 2 aromatic carbocycles. The molecule has 0 radical (unpaired) electrons. The van der Waals surface area contributed by atoms with Gasteiger partial charge in [-0.25, -0.2) is 0 Å². The average molecular weight is 339 g/mol. The summed E-state index contributed by atoms with van der Waals surface area (Å²) in [7, 11) is 0. The van der Waals surface area contributed by atoms with Crippen molar-refractivity contribution in [2.75, 3.05) is 5.32 Å². The van der Waals surface area contributed by atoms with Crippen LogP contribution in [0.1, 0.15) is 17.2 Å². The highest BCUT2D eigenvalue weighted by molar-refractivity contribution is 9.10. The fourth-order valence-corrected chi connectivity index (χ4v) is 3.26. The van der Waals surface area contributed by atoms with Crippen LogP contribution in [-0.4, -0.2) is 11.1 Å². The number of anilines is 1. The number of aliphatic hydroxyl groups is 1. The molecular formula is C15H13BrClNO. The Balaban J connectivity index is 1.85. The second-order valence-electron chi connectivity index (χ2n) is 4.72. The molecule has 0 amide bonds. The molecule has 1 aliphatic heterocycles. The van der Waals surface area contributed by atoms with Gasteiger partial charge in [0.25, 0.3) is 0 Å². The maximum Gasteiger partial charge on any atom is 0.101 e. The summed E-state index contributed by atoms with van der Waals surface area (Å²) in [6.07, 6.45) is 0.192. The van der Waals surface area contributed by atoms with Gasteiger partial charge in [-0.2, -0.15) is 0 Å². The molecule has 0 aliphatic carbocycles. The van der Waals surface area contributed by atoms with E-state index < -0.39 is 6.10 Å². The van der Waals surface area contributed by atoms with Crippen molar-refractivity contribution in [1.82, 2.24) is 0 Å². The summed E-state index contributed by atoms with van der Waals surface area (Å²) in [4.78, 5) is 0. The molecule has 2 nitrogen and oxygen atoms in total. The average Bonchev–Trinajstić information content (AvgIpc) is 2.81. The zero-order chi connectivity index (χ0) is 13.4. The van der Waals surface area contributed by atoms with Crippen LogP contribution in [0.15, 0.2) is 46.9 Å². The molecular weight excluding hydrogens is 326 g/mol. The van der Waals surface area contributed by atoms with E-state index in [0.29, 0.717) is 5.02 Å². The lowest BCUT2D eigenvalue weighted by Crippen LogP contribution is -2.25. The number of halogens is 2. The SMILES string of the molecule is OC(c1ccc(Br)cc1Cl)C1Cc2ccccc2N1. The third-order valence-corrected chi connectivity index (χ3v) is 4.28. The first-order valence-corrected chi connectivity index (χ1v) is 7.29. The first-order valence-electron chi connectivity index (χ1n) is 6.12. The number of hydrogen-bond donors (Lipinski definition) is 2. The van der Waals surface area contributed by atoms with Crippen molar-refractivity contribution in [3.63, 3.8) is 0 Å². The lowest BCUT2D eigenvalue weighted by atomic mass is 9.99. The molecule has 98 valence electrons. The number of benzene rings is 2. The Labute approximate surface area is 125 Å². The van der Waals surface area contributed by atoms with E-state index in [0.717, 1.165) is 22.1 Å².